The van der Waals surface area contributed by atoms with E-state index in [9.17, 15) is 0 Å². The van der Waals surface area contributed by atoms with Crippen LogP contribution in [0.5, 0.6) is 17.2 Å². The van der Waals surface area contributed by atoms with Gasteiger partial charge >= 0.3 is 368 Å². The van der Waals surface area contributed by atoms with Gasteiger partial charge in [-0.1, -0.05) is 162 Å². The third kappa shape index (κ3) is 26.2. The van der Waals surface area contributed by atoms with Gasteiger partial charge in [-0.15, -0.1) is 0 Å². The van der Waals surface area contributed by atoms with E-state index >= 15 is 0 Å². The molecule has 1 aromatic carbocycles. The molecule has 0 aliphatic rings. The van der Waals surface area contributed by atoms with Gasteiger partial charge in [-0.2, -0.15) is 0 Å². The summed E-state index contributed by atoms with van der Waals surface area (Å²) in [5.74, 6) is 2.67. The molecule has 0 unspecified atom stereocenters. The summed E-state index contributed by atoms with van der Waals surface area (Å²) in [6.45, 7) is 23.8. The van der Waals surface area contributed by atoms with Gasteiger partial charge in [0.1, 0.15) is 0 Å². The Morgan fingerprint density at radius 2 is 0.537 bits per heavy atom. The summed E-state index contributed by atoms with van der Waals surface area (Å²) in [4.78, 5) is 0. The van der Waals surface area contributed by atoms with E-state index in [1.54, 1.807) is 9.40 Å². The average Bonchev–Trinajstić information content (AvgIpc) is 2.07. The number of thiophene rings is 2. The summed E-state index contributed by atoms with van der Waals surface area (Å²) < 4.78 is 40.1. The van der Waals surface area contributed by atoms with Gasteiger partial charge in [0.05, 0.1) is 0 Å². The minimum atomic E-state index is -2.80. The molecule has 82 heavy (non-hydrogen) atoms. The third-order valence-electron chi connectivity index (χ3n) is 18.7. The van der Waals surface area contributed by atoms with Crippen LogP contribution in [-0.4, -0.2) is 61.1 Å². The van der Waals surface area contributed by atoms with Crippen molar-refractivity contribution in [3.63, 3.8) is 0 Å². The summed E-state index contributed by atoms with van der Waals surface area (Å²) in [5.41, 5.74) is 4.16. The quantitative estimate of drug-likeness (QED) is 0.0326. The molecule has 3 aromatic heterocycles. The Morgan fingerprint density at radius 3 is 0.805 bits per heavy atom. The van der Waals surface area contributed by atoms with E-state index in [-0.39, 0.29) is 0 Å². The van der Waals surface area contributed by atoms with Gasteiger partial charge in [-0.05, 0) is 0 Å². The molecule has 0 aliphatic carbocycles. The topological polar surface area (TPSA) is 32.6 Å². The van der Waals surface area contributed by atoms with E-state index < -0.39 is 36.8 Å². The standard InChI is InChI=1S/C50H79NO3S2.6C4H9.2Sn/c1-4-7-10-13-16-19-22-25-28-31-36-52-46-41-43(51-44-34-39-55-49(44)50-45(51)35-40-56-50)42-47(53-37-32-29-26-23-20-17-14-11-8-5-2)48(46)54-38-33-30-27-24-21-18-15-12-9-6-3;6*1-3-4-2;;/h34-35,41-42H,4-33,36-38H2,1-3H3;6*1,3-4H2,2H3;;. The number of nitrogens with zero attached hydrogens (tertiary/aromatic N) is 1. The maximum atomic E-state index is 7.16. The summed E-state index contributed by atoms with van der Waals surface area (Å²) in [7, 11) is 0. The summed E-state index contributed by atoms with van der Waals surface area (Å²) >= 11 is -1.02. The molecule has 0 spiro atoms. The van der Waals surface area contributed by atoms with Crippen LogP contribution in [0.15, 0.2) is 24.3 Å². The van der Waals surface area contributed by atoms with E-state index in [2.05, 4.69) is 114 Å². The van der Waals surface area contributed by atoms with E-state index in [0.29, 0.717) is 6.61 Å². The smallest absolute Gasteiger partial charge is 0.0654 e. The van der Waals surface area contributed by atoms with Gasteiger partial charge in [0.2, 0.25) is 0 Å². The zero-order valence-corrected chi connectivity index (χ0v) is 63.2. The molecule has 3 heterocycles. The van der Waals surface area contributed by atoms with Crippen molar-refractivity contribution in [2.24, 2.45) is 0 Å². The van der Waals surface area contributed by atoms with E-state index in [1.165, 1.54) is 294 Å². The Hall–Kier alpha value is -0.583. The van der Waals surface area contributed by atoms with Crippen molar-refractivity contribution < 1.29 is 14.2 Å². The first-order valence-electron chi connectivity index (χ1n) is 36.5. The van der Waals surface area contributed by atoms with Gasteiger partial charge < -0.3 is 0 Å². The van der Waals surface area contributed by atoms with Crippen LogP contribution >= 0.6 is 22.7 Å². The molecule has 0 N–H and O–H groups in total. The summed E-state index contributed by atoms with van der Waals surface area (Å²) in [6, 6.07) is 10.5. The van der Waals surface area contributed by atoms with Gasteiger partial charge in [0.25, 0.3) is 0 Å². The third-order valence-corrected chi connectivity index (χ3v) is 57.6. The molecular formula is C74H133NO3S2Sn2. The van der Waals surface area contributed by atoms with Crippen LogP contribution in [0.25, 0.3) is 26.1 Å². The van der Waals surface area contributed by atoms with Gasteiger partial charge in [-0.25, -0.2) is 0 Å². The molecule has 0 saturated carbocycles. The maximum absolute atomic E-state index is 7.16. The van der Waals surface area contributed by atoms with Gasteiger partial charge in [0, 0.05) is 0 Å². The number of ether oxygens (including phenoxy) is 3. The normalized spacial score (nSPS) is 12.3. The van der Waals surface area contributed by atoms with E-state index in [1.807, 2.05) is 5.79 Å². The number of aromatic nitrogens is 1. The minimum absolute atomic E-state index is 0.712. The second-order valence-corrected chi connectivity index (χ2v) is 56.5. The SMILES string of the molecule is CCCCCCCCCCCCOc1cc(-n2c3c[c]([Sn]([CH2]CCC)([CH2]CCC)[CH2]CCC)sc3c3s[c]([Sn]([CH2]CCC)([CH2]CCC)[CH2]CCC)cc32)cc(OCCCCCCCCCCCC)c1OCCCCCCCCCCCC. The van der Waals surface area contributed by atoms with Crippen molar-refractivity contribution in [2.45, 2.75) is 359 Å². The molecular weight excluding hydrogens is 1250 g/mol. The predicted octanol–water partition coefficient (Wildman–Crippen LogP) is 25.9. The fraction of sp³-hybridized carbons (Fsp3) is 0.811. The Labute approximate surface area is 525 Å². The molecule has 0 bridgehead atoms. The van der Waals surface area contributed by atoms with E-state index in [0.717, 1.165) is 49.7 Å². The molecule has 4 rings (SSSR count). The summed E-state index contributed by atoms with van der Waals surface area (Å²) in [6.07, 6.45) is 55.9. The van der Waals surface area contributed by atoms with Crippen molar-refractivity contribution in [3.8, 4) is 22.9 Å². The molecule has 472 valence electrons. The number of benzene rings is 1. The first kappa shape index (κ1) is 73.9. The molecule has 8 heteroatoms. The summed E-state index contributed by atoms with van der Waals surface area (Å²) in [5, 5.41) is 0. The zero-order chi connectivity index (χ0) is 58.8. The number of hydrogen-bond acceptors (Lipinski definition) is 5. The molecule has 4 aromatic rings. The van der Waals surface area contributed by atoms with Crippen LogP contribution in [0.1, 0.15) is 332 Å². The predicted molar refractivity (Wildman–Crippen MR) is 378 cm³/mol. The molecule has 0 radical (unpaired) electrons. The second kappa shape index (κ2) is 46.5. The van der Waals surface area contributed by atoms with Crippen molar-refractivity contribution >= 4 is 85.6 Å². The fourth-order valence-corrected chi connectivity index (χ4v) is 53.9. The second-order valence-electron chi connectivity index (χ2n) is 26.0. The fourth-order valence-electron chi connectivity index (χ4n) is 13.3. The van der Waals surface area contributed by atoms with E-state index in [4.69, 9.17) is 14.2 Å². The van der Waals surface area contributed by atoms with Crippen LogP contribution < -0.4 is 20.0 Å². The molecule has 0 aliphatic heterocycles. The van der Waals surface area contributed by atoms with Crippen molar-refractivity contribution in [3.05, 3.63) is 24.3 Å². The number of unbranched alkanes of at least 4 members (excludes halogenated alkanes) is 33. The molecule has 0 fully saturated rings. The Morgan fingerprint density at radius 1 is 0.293 bits per heavy atom. The first-order valence-corrected chi connectivity index (χ1v) is 53.1. The van der Waals surface area contributed by atoms with Crippen LogP contribution in [0.2, 0.25) is 26.6 Å². The Bertz CT molecular complexity index is 1980. The first-order chi connectivity index (χ1) is 40.4. The van der Waals surface area contributed by atoms with Gasteiger partial charge in [0.15, 0.2) is 0 Å². The van der Waals surface area contributed by atoms with Crippen LogP contribution in [-0.2, 0) is 0 Å². The number of rotatable bonds is 57. The number of hydrogen-bond donors (Lipinski definition) is 0. The Kier molecular flexibility index (Phi) is 41.9. The minimum Gasteiger partial charge on any atom is -0.0654 e. The van der Waals surface area contributed by atoms with Crippen molar-refractivity contribution in [2.75, 3.05) is 19.8 Å². The van der Waals surface area contributed by atoms with Crippen LogP contribution in [0.3, 0.4) is 0 Å². The number of fused-ring (bicyclic) bond motifs is 3. The molecule has 0 saturated heterocycles. The van der Waals surface area contributed by atoms with Gasteiger partial charge in [-0.3, -0.25) is 0 Å². The molecule has 0 amide bonds. The van der Waals surface area contributed by atoms with Crippen molar-refractivity contribution in [1.82, 2.24) is 4.57 Å². The Balaban J connectivity index is 1.88. The molecule has 4 nitrogen and oxygen atoms in total. The zero-order valence-electron chi connectivity index (χ0n) is 55.9. The molecule has 0 atom stereocenters. The van der Waals surface area contributed by atoms with Crippen LogP contribution in [0.4, 0.5) is 0 Å². The van der Waals surface area contributed by atoms with Crippen LogP contribution in [0, 0.1) is 0 Å². The monoisotopic (exact) mass is 1390 g/mol. The van der Waals surface area contributed by atoms with Crippen molar-refractivity contribution in [1.29, 1.82) is 0 Å². The average molecular weight is 1390 g/mol.